The number of aromatic hydroxyl groups is 1. The maximum atomic E-state index is 11.9. The van der Waals surface area contributed by atoms with Crippen LogP contribution in [0.25, 0.3) is 6.08 Å². The van der Waals surface area contributed by atoms with Gasteiger partial charge in [0.1, 0.15) is 17.4 Å². The minimum Gasteiger partial charge on any atom is -0.508 e. The fraction of sp³-hybridized carbons (Fsp3) is 0.412. The predicted octanol–water partition coefficient (Wildman–Crippen LogP) is 2.62. The standard InChI is InChI=1S/C17H22N2O3/c1-2-3-10-22-11-4-9-19-17(21)15(13-18)12-14-5-7-16(20)8-6-14/h5-8,12,20H,2-4,9-11H2,1H3,(H,19,21)/b15-12+. The van der Waals surface area contributed by atoms with Gasteiger partial charge < -0.3 is 15.2 Å². The molecule has 118 valence electrons. The highest BCUT2D eigenvalue weighted by atomic mass is 16.5. The maximum Gasteiger partial charge on any atom is 0.261 e. The van der Waals surface area contributed by atoms with Crippen LogP contribution in [-0.2, 0) is 9.53 Å². The highest BCUT2D eigenvalue weighted by molar-refractivity contribution is 6.01. The van der Waals surface area contributed by atoms with Crippen LogP contribution < -0.4 is 5.32 Å². The summed E-state index contributed by atoms with van der Waals surface area (Å²) in [7, 11) is 0. The van der Waals surface area contributed by atoms with Crippen LogP contribution in [0.4, 0.5) is 0 Å². The molecule has 0 saturated carbocycles. The molecule has 0 atom stereocenters. The third kappa shape index (κ3) is 6.91. The molecule has 1 aromatic rings. The molecule has 0 unspecified atom stereocenters. The van der Waals surface area contributed by atoms with Crippen molar-refractivity contribution >= 4 is 12.0 Å². The average Bonchev–Trinajstić information content (AvgIpc) is 2.53. The van der Waals surface area contributed by atoms with Gasteiger partial charge in [0.05, 0.1) is 0 Å². The molecule has 0 aliphatic heterocycles. The second-order valence-electron chi connectivity index (χ2n) is 4.84. The van der Waals surface area contributed by atoms with Crippen LogP contribution in [0, 0.1) is 11.3 Å². The van der Waals surface area contributed by atoms with Crippen molar-refractivity contribution in [3.63, 3.8) is 0 Å². The van der Waals surface area contributed by atoms with Crippen molar-refractivity contribution in [1.29, 1.82) is 5.26 Å². The number of nitrogens with zero attached hydrogens (tertiary/aromatic N) is 1. The SMILES string of the molecule is CCCCOCCCNC(=O)/C(C#N)=C/c1ccc(O)cc1. The third-order valence-corrected chi connectivity index (χ3v) is 2.96. The van der Waals surface area contributed by atoms with Gasteiger partial charge in [-0.2, -0.15) is 5.26 Å². The number of phenolic OH excluding ortho intramolecular Hbond substituents is 1. The summed E-state index contributed by atoms with van der Waals surface area (Å²) in [6, 6.07) is 8.18. The van der Waals surface area contributed by atoms with Gasteiger partial charge in [-0.1, -0.05) is 25.5 Å². The van der Waals surface area contributed by atoms with Gasteiger partial charge in [-0.3, -0.25) is 4.79 Å². The van der Waals surface area contributed by atoms with Gasteiger partial charge in [0.25, 0.3) is 5.91 Å². The van der Waals surface area contributed by atoms with Crippen LogP contribution in [0.2, 0.25) is 0 Å². The minimum atomic E-state index is -0.399. The molecule has 22 heavy (non-hydrogen) atoms. The first-order chi connectivity index (χ1) is 10.7. The molecule has 1 amide bonds. The first-order valence-electron chi connectivity index (χ1n) is 7.44. The lowest BCUT2D eigenvalue weighted by Crippen LogP contribution is -2.26. The summed E-state index contributed by atoms with van der Waals surface area (Å²) >= 11 is 0. The molecule has 0 radical (unpaired) electrons. The van der Waals surface area contributed by atoms with Crippen LogP contribution in [0.3, 0.4) is 0 Å². The van der Waals surface area contributed by atoms with Gasteiger partial charge >= 0.3 is 0 Å². The number of hydrogen-bond acceptors (Lipinski definition) is 4. The summed E-state index contributed by atoms with van der Waals surface area (Å²) in [5.41, 5.74) is 0.727. The lowest BCUT2D eigenvalue weighted by molar-refractivity contribution is -0.117. The zero-order valence-corrected chi connectivity index (χ0v) is 12.8. The Morgan fingerprint density at radius 3 is 2.64 bits per heavy atom. The average molecular weight is 302 g/mol. The number of unbranched alkanes of at least 4 members (excludes halogenated alkanes) is 1. The van der Waals surface area contributed by atoms with Crippen molar-refractivity contribution in [3.8, 4) is 11.8 Å². The molecule has 0 bridgehead atoms. The van der Waals surface area contributed by atoms with Gasteiger partial charge in [0, 0.05) is 19.8 Å². The first-order valence-corrected chi connectivity index (χ1v) is 7.44. The summed E-state index contributed by atoms with van der Waals surface area (Å²) in [6.07, 6.45) is 4.35. The Hall–Kier alpha value is -2.32. The number of nitriles is 1. The summed E-state index contributed by atoms with van der Waals surface area (Å²) in [4.78, 5) is 11.9. The molecule has 1 rings (SSSR count). The number of hydrogen-bond donors (Lipinski definition) is 2. The summed E-state index contributed by atoms with van der Waals surface area (Å²) < 4.78 is 5.39. The van der Waals surface area contributed by atoms with Crippen molar-refractivity contribution in [2.45, 2.75) is 26.2 Å². The lowest BCUT2D eigenvalue weighted by Gasteiger charge is -2.05. The zero-order chi connectivity index (χ0) is 16.2. The number of amides is 1. The Morgan fingerprint density at radius 1 is 1.32 bits per heavy atom. The minimum absolute atomic E-state index is 0.0394. The molecule has 0 aliphatic rings. The highest BCUT2D eigenvalue weighted by Crippen LogP contribution is 2.12. The Balaban J connectivity index is 2.38. The van der Waals surface area contributed by atoms with Gasteiger partial charge in [-0.05, 0) is 36.6 Å². The molecular weight excluding hydrogens is 280 g/mol. The van der Waals surface area contributed by atoms with Gasteiger partial charge in [0.2, 0.25) is 0 Å². The Labute approximate surface area is 131 Å². The van der Waals surface area contributed by atoms with Crippen LogP contribution in [0.1, 0.15) is 31.7 Å². The van der Waals surface area contributed by atoms with E-state index in [0.29, 0.717) is 25.1 Å². The number of carbonyl (C=O) groups is 1. The van der Waals surface area contributed by atoms with Crippen molar-refractivity contribution in [2.24, 2.45) is 0 Å². The normalized spacial score (nSPS) is 11.0. The van der Waals surface area contributed by atoms with Crippen molar-refractivity contribution in [3.05, 3.63) is 35.4 Å². The third-order valence-electron chi connectivity index (χ3n) is 2.96. The van der Waals surface area contributed by atoms with E-state index in [0.717, 1.165) is 19.4 Å². The van der Waals surface area contributed by atoms with Gasteiger partial charge in [0.15, 0.2) is 0 Å². The summed E-state index contributed by atoms with van der Waals surface area (Å²) in [6.45, 7) is 3.92. The monoisotopic (exact) mass is 302 g/mol. The van der Waals surface area contributed by atoms with E-state index in [4.69, 9.17) is 10.00 Å². The Morgan fingerprint density at radius 2 is 2.00 bits per heavy atom. The van der Waals surface area contributed by atoms with E-state index < -0.39 is 5.91 Å². The predicted molar refractivity (Wildman–Crippen MR) is 85.1 cm³/mol. The Kier molecular flexibility index (Phi) is 8.39. The van der Waals surface area contributed by atoms with E-state index in [1.807, 2.05) is 6.07 Å². The van der Waals surface area contributed by atoms with E-state index in [2.05, 4.69) is 12.2 Å². The number of carbonyl (C=O) groups excluding carboxylic acids is 1. The van der Waals surface area contributed by atoms with Crippen LogP contribution in [0.5, 0.6) is 5.75 Å². The quantitative estimate of drug-likeness (QED) is 0.417. The highest BCUT2D eigenvalue weighted by Gasteiger charge is 2.08. The van der Waals surface area contributed by atoms with E-state index in [1.165, 1.54) is 18.2 Å². The van der Waals surface area contributed by atoms with E-state index >= 15 is 0 Å². The zero-order valence-electron chi connectivity index (χ0n) is 12.8. The molecule has 0 fully saturated rings. The molecule has 1 aromatic carbocycles. The second-order valence-corrected chi connectivity index (χ2v) is 4.84. The molecular formula is C17H22N2O3. The van der Waals surface area contributed by atoms with Gasteiger partial charge in [-0.15, -0.1) is 0 Å². The van der Waals surface area contributed by atoms with E-state index in [9.17, 15) is 9.90 Å². The number of nitrogens with one attached hydrogen (secondary N) is 1. The fourth-order valence-electron chi connectivity index (χ4n) is 1.71. The van der Waals surface area contributed by atoms with E-state index in [1.54, 1.807) is 12.1 Å². The van der Waals surface area contributed by atoms with Crippen molar-refractivity contribution in [2.75, 3.05) is 19.8 Å². The lowest BCUT2D eigenvalue weighted by atomic mass is 10.1. The number of benzene rings is 1. The molecule has 0 aliphatic carbocycles. The summed E-state index contributed by atoms with van der Waals surface area (Å²) in [5, 5.41) is 21.0. The second kappa shape index (κ2) is 10.4. The molecule has 0 saturated heterocycles. The number of ether oxygens (including phenoxy) is 1. The van der Waals surface area contributed by atoms with Gasteiger partial charge in [-0.25, -0.2) is 0 Å². The molecule has 5 nitrogen and oxygen atoms in total. The largest absolute Gasteiger partial charge is 0.508 e. The number of rotatable bonds is 9. The summed E-state index contributed by atoms with van der Waals surface area (Å²) in [5.74, 6) is -0.257. The Bertz CT molecular complexity index is 530. The van der Waals surface area contributed by atoms with Crippen molar-refractivity contribution < 1.29 is 14.6 Å². The maximum absolute atomic E-state index is 11.9. The first kappa shape index (κ1) is 17.7. The fourth-order valence-corrected chi connectivity index (χ4v) is 1.71. The molecule has 5 heteroatoms. The topological polar surface area (TPSA) is 82.3 Å². The molecule has 2 N–H and O–H groups in total. The smallest absolute Gasteiger partial charge is 0.261 e. The molecule has 0 spiro atoms. The molecule has 0 aromatic heterocycles. The van der Waals surface area contributed by atoms with Crippen LogP contribution >= 0.6 is 0 Å². The molecule has 0 heterocycles. The van der Waals surface area contributed by atoms with Crippen LogP contribution in [0.15, 0.2) is 29.8 Å². The van der Waals surface area contributed by atoms with Crippen LogP contribution in [-0.4, -0.2) is 30.8 Å². The van der Waals surface area contributed by atoms with E-state index in [-0.39, 0.29) is 11.3 Å². The number of phenols is 1. The van der Waals surface area contributed by atoms with Crippen molar-refractivity contribution in [1.82, 2.24) is 5.32 Å².